The lowest BCUT2D eigenvalue weighted by Gasteiger charge is -2.37. The number of aliphatic hydroxyl groups is 1. The minimum atomic E-state index is 0.0888. The van der Waals surface area contributed by atoms with Crippen LogP contribution in [-0.4, -0.2) is 41.8 Å². The van der Waals surface area contributed by atoms with Crippen molar-refractivity contribution in [1.29, 1.82) is 0 Å². The third kappa shape index (κ3) is 4.94. The molecule has 0 unspecified atom stereocenters. The minimum Gasteiger partial charge on any atom is -0.396 e. The van der Waals surface area contributed by atoms with Crippen LogP contribution in [0.5, 0.6) is 0 Å². The lowest BCUT2D eigenvalue weighted by Crippen LogP contribution is -2.50. The van der Waals surface area contributed by atoms with Crippen LogP contribution in [0, 0.1) is 0 Å². The number of aliphatic hydroxyl groups excluding tert-OH is 1. The maximum absolute atomic E-state index is 8.73. The SMILES string of the molecule is CCCN(CCCCO)C(C)(C)CN. The smallest absolute Gasteiger partial charge is 0.0431 e. The highest BCUT2D eigenvalue weighted by atomic mass is 16.2. The van der Waals surface area contributed by atoms with E-state index in [1.165, 1.54) is 0 Å². The van der Waals surface area contributed by atoms with Gasteiger partial charge in [-0.3, -0.25) is 4.90 Å². The van der Waals surface area contributed by atoms with E-state index in [-0.39, 0.29) is 5.54 Å². The van der Waals surface area contributed by atoms with Crippen molar-refractivity contribution in [3.8, 4) is 0 Å². The van der Waals surface area contributed by atoms with E-state index in [0.717, 1.165) is 32.4 Å². The van der Waals surface area contributed by atoms with Gasteiger partial charge in [-0.15, -0.1) is 0 Å². The second kappa shape index (κ2) is 7.21. The molecule has 0 saturated heterocycles. The van der Waals surface area contributed by atoms with Crippen LogP contribution in [0.1, 0.15) is 40.0 Å². The zero-order chi connectivity index (χ0) is 11.0. The van der Waals surface area contributed by atoms with Crippen molar-refractivity contribution in [2.75, 3.05) is 26.2 Å². The molecule has 0 aliphatic rings. The molecule has 0 saturated carbocycles. The summed E-state index contributed by atoms with van der Waals surface area (Å²) in [6.07, 6.45) is 3.10. The standard InChI is InChI=1S/C11H26N2O/c1-4-7-13(8-5-6-9-14)11(2,3)10-12/h14H,4-10,12H2,1-3H3. The van der Waals surface area contributed by atoms with E-state index >= 15 is 0 Å². The normalized spacial score (nSPS) is 12.4. The van der Waals surface area contributed by atoms with Crippen molar-refractivity contribution in [3.05, 3.63) is 0 Å². The first-order valence-corrected chi connectivity index (χ1v) is 5.64. The Morgan fingerprint density at radius 2 is 1.86 bits per heavy atom. The lowest BCUT2D eigenvalue weighted by molar-refractivity contribution is 0.121. The minimum absolute atomic E-state index is 0.0888. The molecule has 0 heterocycles. The van der Waals surface area contributed by atoms with Crippen LogP contribution in [0.4, 0.5) is 0 Å². The first-order chi connectivity index (χ1) is 6.58. The monoisotopic (exact) mass is 202 g/mol. The van der Waals surface area contributed by atoms with Gasteiger partial charge in [0.05, 0.1) is 0 Å². The number of nitrogens with zero attached hydrogens (tertiary/aromatic N) is 1. The molecular formula is C11H26N2O. The summed E-state index contributed by atoms with van der Waals surface area (Å²) >= 11 is 0. The Labute approximate surface area is 88.3 Å². The molecule has 0 spiro atoms. The third-order valence-corrected chi connectivity index (χ3v) is 2.69. The van der Waals surface area contributed by atoms with Gasteiger partial charge in [-0.25, -0.2) is 0 Å². The summed E-state index contributed by atoms with van der Waals surface area (Å²) in [6.45, 7) is 9.66. The molecule has 14 heavy (non-hydrogen) atoms. The van der Waals surface area contributed by atoms with Gasteiger partial charge < -0.3 is 10.8 Å². The Balaban J connectivity index is 4.00. The third-order valence-electron chi connectivity index (χ3n) is 2.69. The van der Waals surface area contributed by atoms with Gasteiger partial charge in [0.2, 0.25) is 0 Å². The van der Waals surface area contributed by atoms with E-state index < -0.39 is 0 Å². The molecule has 0 aromatic heterocycles. The Hall–Kier alpha value is -0.120. The zero-order valence-electron chi connectivity index (χ0n) is 9.92. The predicted molar refractivity (Wildman–Crippen MR) is 61.3 cm³/mol. The Morgan fingerprint density at radius 3 is 2.29 bits per heavy atom. The fourth-order valence-electron chi connectivity index (χ4n) is 1.53. The zero-order valence-corrected chi connectivity index (χ0v) is 9.92. The summed E-state index contributed by atoms with van der Waals surface area (Å²) in [5, 5.41) is 8.73. The quantitative estimate of drug-likeness (QED) is 0.582. The van der Waals surface area contributed by atoms with Gasteiger partial charge in [0.1, 0.15) is 0 Å². The van der Waals surface area contributed by atoms with Crippen molar-refractivity contribution in [3.63, 3.8) is 0 Å². The van der Waals surface area contributed by atoms with Crippen molar-refractivity contribution in [1.82, 2.24) is 4.90 Å². The first-order valence-electron chi connectivity index (χ1n) is 5.64. The van der Waals surface area contributed by atoms with Crippen LogP contribution in [0.25, 0.3) is 0 Å². The molecule has 0 aliphatic carbocycles. The van der Waals surface area contributed by atoms with Gasteiger partial charge in [0.15, 0.2) is 0 Å². The maximum Gasteiger partial charge on any atom is 0.0431 e. The van der Waals surface area contributed by atoms with Crippen molar-refractivity contribution in [2.45, 2.75) is 45.6 Å². The molecule has 0 fully saturated rings. The van der Waals surface area contributed by atoms with E-state index in [1.54, 1.807) is 0 Å². The van der Waals surface area contributed by atoms with E-state index in [4.69, 9.17) is 10.8 Å². The van der Waals surface area contributed by atoms with E-state index in [2.05, 4.69) is 25.7 Å². The van der Waals surface area contributed by atoms with Crippen molar-refractivity contribution >= 4 is 0 Å². The molecule has 0 atom stereocenters. The molecule has 3 heteroatoms. The number of hydrogen-bond donors (Lipinski definition) is 2. The van der Waals surface area contributed by atoms with Crippen molar-refractivity contribution < 1.29 is 5.11 Å². The molecule has 3 N–H and O–H groups in total. The van der Waals surface area contributed by atoms with Gasteiger partial charge in [-0.1, -0.05) is 6.92 Å². The number of rotatable bonds is 8. The summed E-state index contributed by atoms with van der Waals surface area (Å²) in [6, 6.07) is 0. The molecule has 3 nitrogen and oxygen atoms in total. The summed E-state index contributed by atoms with van der Waals surface area (Å²) < 4.78 is 0. The lowest BCUT2D eigenvalue weighted by atomic mass is 10.0. The molecule has 86 valence electrons. The fourth-order valence-corrected chi connectivity index (χ4v) is 1.53. The topological polar surface area (TPSA) is 49.5 Å². The average molecular weight is 202 g/mol. The Bertz CT molecular complexity index is 137. The van der Waals surface area contributed by atoms with Crippen LogP contribution < -0.4 is 5.73 Å². The number of hydrogen-bond acceptors (Lipinski definition) is 3. The van der Waals surface area contributed by atoms with Crippen LogP contribution in [-0.2, 0) is 0 Å². The van der Waals surface area contributed by atoms with Crippen LogP contribution in [0.2, 0.25) is 0 Å². The van der Waals surface area contributed by atoms with Gasteiger partial charge in [0.25, 0.3) is 0 Å². The van der Waals surface area contributed by atoms with Crippen LogP contribution >= 0.6 is 0 Å². The number of unbranched alkanes of at least 4 members (excludes halogenated alkanes) is 1. The Kier molecular flexibility index (Phi) is 7.15. The second-order valence-electron chi connectivity index (χ2n) is 4.43. The highest BCUT2D eigenvalue weighted by molar-refractivity contribution is 4.82. The van der Waals surface area contributed by atoms with Gasteiger partial charge in [0, 0.05) is 18.7 Å². The molecule has 0 aromatic carbocycles. The molecule has 0 aromatic rings. The summed E-state index contributed by atoms with van der Waals surface area (Å²) in [4.78, 5) is 2.42. The van der Waals surface area contributed by atoms with Gasteiger partial charge >= 0.3 is 0 Å². The average Bonchev–Trinajstić information content (AvgIpc) is 2.17. The summed E-state index contributed by atoms with van der Waals surface area (Å²) in [5.41, 5.74) is 5.84. The van der Waals surface area contributed by atoms with Crippen LogP contribution in [0.15, 0.2) is 0 Å². The molecule has 0 bridgehead atoms. The first kappa shape index (κ1) is 13.9. The molecule has 0 rings (SSSR count). The predicted octanol–water partition coefficient (Wildman–Crippen LogP) is 1.21. The van der Waals surface area contributed by atoms with Gasteiger partial charge in [-0.05, 0) is 46.2 Å². The van der Waals surface area contributed by atoms with Gasteiger partial charge in [-0.2, -0.15) is 0 Å². The van der Waals surface area contributed by atoms with E-state index in [9.17, 15) is 0 Å². The molecule has 0 aliphatic heterocycles. The molecule has 0 amide bonds. The van der Waals surface area contributed by atoms with E-state index in [1.807, 2.05) is 0 Å². The van der Waals surface area contributed by atoms with E-state index in [0.29, 0.717) is 13.2 Å². The Morgan fingerprint density at radius 1 is 1.21 bits per heavy atom. The van der Waals surface area contributed by atoms with Crippen LogP contribution in [0.3, 0.4) is 0 Å². The maximum atomic E-state index is 8.73. The summed E-state index contributed by atoms with van der Waals surface area (Å²) in [7, 11) is 0. The highest BCUT2D eigenvalue weighted by Gasteiger charge is 2.23. The highest BCUT2D eigenvalue weighted by Crippen LogP contribution is 2.14. The molecule has 0 radical (unpaired) electrons. The second-order valence-corrected chi connectivity index (χ2v) is 4.43. The fraction of sp³-hybridized carbons (Fsp3) is 1.00. The largest absolute Gasteiger partial charge is 0.396 e. The molecular weight excluding hydrogens is 176 g/mol. The summed E-state index contributed by atoms with van der Waals surface area (Å²) in [5.74, 6) is 0. The van der Waals surface area contributed by atoms with Crippen molar-refractivity contribution in [2.24, 2.45) is 5.73 Å². The number of nitrogens with two attached hydrogens (primary N) is 1.